The Morgan fingerprint density at radius 1 is 1.35 bits per heavy atom. The Morgan fingerprint density at radius 2 is 2.06 bits per heavy atom. The molecule has 0 radical (unpaired) electrons. The summed E-state index contributed by atoms with van der Waals surface area (Å²) in [4.78, 5) is 8.65. The molecule has 0 aliphatic carbocycles. The minimum Gasteiger partial charge on any atom is -0.378 e. The summed E-state index contributed by atoms with van der Waals surface area (Å²) in [5.41, 5.74) is 0.771. The zero-order chi connectivity index (χ0) is 12.8. The molecule has 0 spiro atoms. The van der Waals surface area contributed by atoms with Gasteiger partial charge in [-0.05, 0) is 18.9 Å². The summed E-state index contributed by atoms with van der Waals surface area (Å²) < 4.78 is 10.7. The predicted molar refractivity (Wildman–Crippen MR) is 67.0 cm³/mol. The SMILES string of the molecule is CCOC(c1nc(Cl)cc(COC)n1)C(C)C. The summed E-state index contributed by atoms with van der Waals surface area (Å²) in [5, 5.41) is 0.424. The van der Waals surface area contributed by atoms with Crippen LogP contribution in [0.25, 0.3) is 0 Å². The number of nitrogens with zero attached hydrogens (tertiary/aromatic N) is 2. The molecule has 96 valence electrons. The average Bonchev–Trinajstić information content (AvgIpc) is 2.25. The third-order valence-corrected chi connectivity index (χ3v) is 2.46. The topological polar surface area (TPSA) is 44.2 Å². The van der Waals surface area contributed by atoms with Crippen LogP contribution in [0.4, 0.5) is 0 Å². The summed E-state index contributed by atoms with van der Waals surface area (Å²) in [6.45, 7) is 7.14. The quantitative estimate of drug-likeness (QED) is 0.736. The molecule has 0 aliphatic rings. The van der Waals surface area contributed by atoms with E-state index in [-0.39, 0.29) is 6.10 Å². The van der Waals surface area contributed by atoms with Gasteiger partial charge in [-0.2, -0.15) is 0 Å². The van der Waals surface area contributed by atoms with Gasteiger partial charge in [-0.25, -0.2) is 9.97 Å². The van der Waals surface area contributed by atoms with Gasteiger partial charge < -0.3 is 9.47 Å². The van der Waals surface area contributed by atoms with Gasteiger partial charge in [0.1, 0.15) is 11.3 Å². The summed E-state index contributed by atoms with van der Waals surface area (Å²) in [6.07, 6.45) is -0.130. The minimum absolute atomic E-state index is 0.130. The minimum atomic E-state index is -0.130. The van der Waals surface area contributed by atoms with Crippen molar-refractivity contribution in [1.82, 2.24) is 9.97 Å². The van der Waals surface area contributed by atoms with E-state index < -0.39 is 0 Å². The second-order valence-electron chi connectivity index (χ2n) is 4.09. The van der Waals surface area contributed by atoms with Crippen LogP contribution >= 0.6 is 11.6 Å². The van der Waals surface area contributed by atoms with E-state index in [1.54, 1.807) is 13.2 Å². The summed E-state index contributed by atoms with van der Waals surface area (Å²) in [6, 6.07) is 1.71. The van der Waals surface area contributed by atoms with Crippen molar-refractivity contribution >= 4 is 11.6 Å². The number of ether oxygens (including phenoxy) is 2. The lowest BCUT2D eigenvalue weighted by atomic mass is 10.1. The van der Waals surface area contributed by atoms with Crippen LogP contribution in [-0.2, 0) is 16.1 Å². The Balaban J connectivity index is 3.00. The van der Waals surface area contributed by atoms with Crippen molar-refractivity contribution in [2.45, 2.75) is 33.5 Å². The van der Waals surface area contributed by atoms with E-state index in [4.69, 9.17) is 21.1 Å². The smallest absolute Gasteiger partial charge is 0.159 e. The maximum atomic E-state index is 5.97. The largest absolute Gasteiger partial charge is 0.378 e. The standard InChI is InChI=1S/C12H19ClN2O2/c1-5-17-11(8(2)3)12-14-9(7-16-4)6-10(13)15-12/h6,8,11H,5,7H2,1-4H3. The fourth-order valence-corrected chi connectivity index (χ4v) is 1.79. The Labute approximate surface area is 107 Å². The Bertz CT molecular complexity index is 358. The van der Waals surface area contributed by atoms with Gasteiger partial charge in [0.2, 0.25) is 0 Å². The molecule has 17 heavy (non-hydrogen) atoms. The number of halogens is 1. The average molecular weight is 259 g/mol. The summed E-state index contributed by atoms with van der Waals surface area (Å²) in [5.74, 6) is 0.921. The molecule has 1 rings (SSSR count). The molecule has 0 N–H and O–H groups in total. The molecule has 0 saturated heterocycles. The highest BCUT2D eigenvalue weighted by Gasteiger charge is 2.20. The Morgan fingerprint density at radius 3 is 2.59 bits per heavy atom. The highest BCUT2D eigenvalue weighted by Crippen LogP contribution is 2.24. The molecule has 0 saturated carbocycles. The Hall–Kier alpha value is -0.710. The van der Waals surface area contributed by atoms with Crippen molar-refractivity contribution in [2.75, 3.05) is 13.7 Å². The van der Waals surface area contributed by atoms with E-state index >= 15 is 0 Å². The first-order chi connectivity index (χ1) is 8.08. The van der Waals surface area contributed by atoms with E-state index in [9.17, 15) is 0 Å². The summed E-state index contributed by atoms with van der Waals surface area (Å²) in [7, 11) is 1.62. The first-order valence-electron chi connectivity index (χ1n) is 5.72. The number of methoxy groups -OCH3 is 1. The van der Waals surface area contributed by atoms with Gasteiger partial charge in [0, 0.05) is 13.7 Å². The van der Waals surface area contributed by atoms with E-state index in [0.717, 1.165) is 5.69 Å². The molecule has 1 aromatic rings. The fourth-order valence-electron chi connectivity index (χ4n) is 1.58. The lowest BCUT2D eigenvalue weighted by molar-refractivity contribution is 0.0228. The van der Waals surface area contributed by atoms with Crippen LogP contribution in [0.2, 0.25) is 5.15 Å². The van der Waals surface area contributed by atoms with Gasteiger partial charge in [0.15, 0.2) is 5.82 Å². The van der Waals surface area contributed by atoms with Crippen LogP contribution in [-0.4, -0.2) is 23.7 Å². The van der Waals surface area contributed by atoms with Gasteiger partial charge in [0.25, 0.3) is 0 Å². The fraction of sp³-hybridized carbons (Fsp3) is 0.667. The van der Waals surface area contributed by atoms with E-state index in [1.165, 1.54) is 0 Å². The normalized spacial score (nSPS) is 13.1. The summed E-state index contributed by atoms with van der Waals surface area (Å²) >= 11 is 5.97. The highest BCUT2D eigenvalue weighted by molar-refractivity contribution is 6.29. The van der Waals surface area contributed by atoms with Crippen LogP contribution in [0, 0.1) is 5.92 Å². The molecule has 0 bridgehead atoms. The lowest BCUT2D eigenvalue weighted by Gasteiger charge is -2.19. The van der Waals surface area contributed by atoms with Gasteiger partial charge in [0.05, 0.1) is 12.3 Å². The van der Waals surface area contributed by atoms with Crippen molar-refractivity contribution in [3.05, 3.63) is 22.7 Å². The van der Waals surface area contributed by atoms with Gasteiger partial charge in [-0.3, -0.25) is 0 Å². The third-order valence-electron chi connectivity index (χ3n) is 2.26. The highest BCUT2D eigenvalue weighted by atomic mass is 35.5. The first kappa shape index (κ1) is 14.4. The molecule has 0 aliphatic heterocycles. The first-order valence-corrected chi connectivity index (χ1v) is 6.10. The van der Waals surface area contributed by atoms with Gasteiger partial charge in [-0.15, -0.1) is 0 Å². The molecule has 0 fully saturated rings. The van der Waals surface area contributed by atoms with E-state index in [1.807, 2.05) is 6.92 Å². The third kappa shape index (κ3) is 4.22. The van der Waals surface area contributed by atoms with E-state index in [2.05, 4.69) is 23.8 Å². The lowest BCUT2D eigenvalue weighted by Crippen LogP contribution is -2.15. The maximum Gasteiger partial charge on any atom is 0.159 e. The molecule has 0 amide bonds. The molecule has 1 aromatic heterocycles. The van der Waals surface area contributed by atoms with Crippen LogP contribution in [0.3, 0.4) is 0 Å². The second-order valence-corrected chi connectivity index (χ2v) is 4.48. The zero-order valence-corrected chi connectivity index (χ0v) is 11.5. The van der Waals surface area contributed by atoms with Crippen molar-refractivity contribution < 1.29 is 9.47 Å². The maximum absolute atomic E-state index is 5.97. The number of hydrogen-bond donors (Lipinski definition) is 0. The van der Waals surface area contributed by atoms with Crippen molar-refractivity contribution in [3.63, 3.8) is 0 Å². The van der Waals surface area contributed by atoms with Crippen molar-refractivity contribution in [1.29, 1.82) is 0 Å². The number of rotatable bonds is 6. The Kier molecular flexibility index (Phi) is 5.82. The molecule has 1 atom stereocenters. The van der Waals surface area contributed by atoms with Gasteiger partial charge in [-0.1, -0.05) is 25.4 Å². The zero-order valence-electron chi connectivity index (χ0n) is 10.7. The molecule has 4 nitrogen and oxygen atoms in total. The van der Waals surface area contributed by atoms with Crippen LogP contribution in [0.1, 0.15) is 38.4 Å². The number of hydrogen-bond acceptors (Lipinski definition) is 4. The van der Waals surface area contributed by atoms with Gasteiger partial charge >= 0.3 is 0 Å². The van der Waals surface area contributed by atoms with Crippen LogP contribution in [0.15, 0.2) is 6.07 Å². The molecule has 1 heterocycles. The predicted octanol–water partition coefficient (Wildman–Crippen LogP) is 3.01. The van der Waals surface area contributed by atoms with Crippen LogP contribution in [0.5, 0.6) is 0 Å². The molecular weight excluding hydrogens is 240 g/mol. The molecule has 1 unspecified atom stereocenters. The monoisotopic (exact) mass is 258 g/mol. The molecule has 5 heteroatoms. The van der Waals surface area contributed by atoms with Crippen molar-refractivity contribution in [2.24, 2.45) is 5.92 Å². The second kappa shape index (κ2) is 6.89. The van der Waals surface area contributed by atoms with E-state index in [0.29, 0.717) is 30.1 Å². The molecule has 0 aromatic carbocycles. The molecular formula is C12H19ClN2O2. The van der Waals surface area contributed by atoms with Crippen LogP contribution < -0.4 is 0 Å². The van der Waals surface area contributed by atoms with Crippen molar-refractivity contribution in [3.8, 4) is 0 Å². The number of aromatic nitrogens is 2.